The molecule has 1 atom stereocenters. The van der Waals surface area contributed by atoms with Crippen LogP contribution in [0.4, 0.5) is 15.6 Å². The first-order chi connectivity index (χ1) is 11.0. The number of benzene rings is 1. The van der Waals surface area contributed by atoms with Crippen LogP contribution in [0.25, 0.3) is 0 Å². The van der Waals surface area contributed by atoms with Crippen molar-refractivity contribution in [2.75, 3.05) is 10.6 Å². The van der Waals surface area contributed by atoms with E-state index in [1.165, 1.54) is 0 Å². The number of carbonyl (C=O) groups excluding carboxylic acids is 2. The van der Waals surface area contributed by atoms with Gasteiger partial charge in [-0.05, 0) is 30.7 Å². The van der Waals surface area contributed by atoms with Crippen molar-refractivity contribution in [1.82, 2.24) is 10.2 Å². The van der Waals surface area contributed by atoms with Crippen molar-refractivity contribution >= 4 is 57.5 Å². The number of nitrogens with zero attached hydrogens (tertiary/aromatic N) is 2. The summed E-state index contributed by atoms with van der Waals surface area (Å²) in [4.78, 5) is 22.7. The summed E-state index contributed by atoms with van der Waals surface area (Å²) in [6, 6.07) is 6.15. The zero-order valence-corrected chi connectivity index (χ0v) is 14.3. The van der Waals surface area contributed by atoms with Gasteiger partial charge in [-0.2, -0.15) is 0 Å². The van der Waals surface area contributed by atoms with Gasteiger partial charge in [-0.3, -0.25) is 5.32 Å². The van der Waals surface area contributed by atoms with Crippen molar-refractivity contribution in [1.29, 1.82) is 0 Å². The number of halogens is 1. The highest BCUT2D eigenvalue weighted by Gasteiger charge is 2.14. The second-order valence-corrected chi connectivity index (χ2v) is 7.16. The number of nitrogens with one attached hydrogen (secondary N) is 2. The zero-order chi connectivity index (χ0) is 16.8. The summed E-state index contributed by atoms with van der Waals surface area (Å²) in [5.74, 6) is -1.15. The van der Waals surface area contributed by atoms with E-state index in [0.29, 0.717) is 21.5 Å². The maximum Gasteiger partial charge on any atom is 0.325 e. The first-order valence-electron chi connectivity index (χ1n) is 6.52. The molecule has 0 saturated carbocycles. The van der Waals surface area contributed by atoms with Gasteiger partial charge in [0.1, 0.15) is 0 Å². The minimum absolute atomic E-state index is 0.271. The Balaban J connectivity index is 1.91. The van der Waals surface area contributed by atoms with Crippen LogP contribution in [0.3, 0.4) is 0 Å². The number of amides is 2. The Labute approximate surface area is 145 Å². The van der Waals surface area contributed by atoms with Crippen molar-refractivity contribution in [3.63, 3.8) is 0 Å². The van der Waals surface area contributed by atoms with Crippen molar-refractivity contribution in [2.45, 2.75) is 22.9 Å². The van der Waals surface area contributed by atoms with Gasteiger partial charge in [-0.25, -0.2) is 4.79 Å². The molecule has 0 aliphatic heterocycles. The Hall–Kier alpha value is -1.84. The van der Waals surface area contributed by atoms with E-state index in [1.807, 2.05) is 0 Å². The molecule has 0 unspecified atom stereocenters. The summed E-state index contributed by atoms with van der Waals surface area (Å²) in [7, 11) is 0. The normalized spacial score (nSPS) is 11.7. The van der Waals surface area contributed by atoms with Crippen LogP contribution < -0.4 is 15.7 Å². The fraction of sp³-hybridized carbons (Fsp3) is 0.231. The van der Waals surface area contributed by atoms with Gasteiger partial charge in [0.2, 0.25) is 5.13 Å². The summed E-state index contributed by atoms with van der Waals surface area (Å²) >= 11 is 7.90. The molecule has 0 aliphatic rings. The predicted molar refractivity (Wildman–Crippen MR) is 88.9 cm³/mol. The Morgan fingerprint density at radius 1 is 1.30 bits per heavy atom. The van der Waals surface area contributed by atoms with E-state index in [9.17, 15) is 14.7 Å². The van der Waals surface area contributed by atoms with Gasteiger partial charge in [0.25, 0.3) is 0 Å². The zero-order valence-electron chi connectivity index (χ0n) is 11.9. The highest BCUT2D eigenvalue weighted by molar-refractivity contribution is 8.02. The van der Waals surface area contributed by atoms with Gasteiger partial charge in [-0.15, -0.1) is 10.2 Å². The molecule has 10 heteroatoms. The molecular formula is C13H12ClN4O3S2-. The summed E-state index contributed by atoms with van der Waals surface area (Å²) in [6.07, 6.45) is 0.409. The van der Waals surface area contributed by atoms with Gasteiger partial charge in [0.15, 0.2) is 4.34 Å². The molecule has 2 amide bonds. The summed E-state index contributed by atoms with van der Waals surface area (Å²) in [5.41, 5.74) is 0.578. The average Bonchev–Trinajstić information content (AvgIpc) is 2.94. The summed E-state index contributed by atoms with van der Waals surface area (Å²) in [6.45, 7) is 1.74. The van der Waals surface area contributed by atoms with Crippen LogP contribution in [0.2, 0.25) is 5.02 Å². The molecule has 2 rings (SSSR count). The van der Waals surface area contributed by atoms with E-state index in [0.717, 1.165) is 23.1 Å². The number of aliphatic carboxylic acids is 1. The Kier molecular flexibility index (Phi) is 6.20. The average molecular weight is 372 g/mol. The molecule has 0 fully saturated rings. The molecule has 122 valence electrons. The SMILES string of the molecule is CC[C@@H](Sc1nnc(NC(=O)Nc2ccc(Cl)cc2)s1)C(=O)[O-]. The number of urea groups is 1. The van der Waals surface area contributed by atoms with Crippen LogP contribution in [0.1, 0.15) is 13.3 Å². The second kappa shape index (κ2) is 8.14. The number of hydrogen-bond acceptors (Lipinski definition) is 7. The fourth-order valence-corrected chi connectivity index (χ4v) is 3.49. The van der Waals surface area contributed by atoms with Crippen molar-refractivity contribution in [3.8, 4) is 0 Å². The van der Waals surface area contributed by atoms with Crippen LogP contribution in [0.15, 0.2) is 28.6 Å². The van der Waals surface area contributed by atoms with Gasteiger partial charge in [0, 0.05) is 10.7 Å². The number of rotatable bonds is 6. The molecule has 0 aliphatic carbocycles. The summed E-state index contributed by atoms with van der Waals surface area (Å²) in [5, 5.41) is 23.8. The monoisotopic (exact) mass is 371 g/mol. The van der Waals surface area contributed by atoms with Gasteiger partial charge < -0.3 is 15.2 Å². The standard InChI is InChI=1S/C13H13ClN4O3S2/c1-2-9(10(19)20)22-13-18-17-12(23-13)16-11(21)15-8-5-3-7(14)4-6-8/h3-6,9H,2H2,1H3,(H,19,20)(H2,15,16,17,21)/p-1/t9-/m1/s1. The largest absolute Gasteiger partial charge is 0.549 e. The molecule has 23 heavy (non-hydrogen) atoms. The first kappa shape index (κ1) is 17.5. The molecular weight excluding hydrogens is 360 g/mol. The predicted octanol–water partition coefficient (Wildman–Crippen LogP) is 2.46. The number of thioether (sulfide) groups is 1. The number of hydrogen-bond donors (Lipinski definition) is 2. The van der Waals surface area contributed by atoms with Crippen LogP contribution in [-0.2, 0) is 4.79 Å². The molecule has 0 radical (unpaired) electrons. The topological polar surface area (TPSA) is 107 Å². The van der Waals surface area contributed by atoms with Gasteiger partial charge in [-0.1, -0.05) is 41.6 Å². The molecule has 2 aromatic rings. The highest BCUT2D eigenvalue weighted by Crippen LogP contribution is 2.30. The number of aromatic nitrogens is 2. The summed E-state index contributed by atoms with van der Waals surface area (Å²) < 4.78 is 0.447. The maximum atomic E-state index is 11.8. The lowest BCUT2D eigenvalue weighted by molar-refractivity contribution is -0.304. The van der Waals surface area contributed by atoms with Crippen LogP contribution >= 0.6 is 34.7 Å². The third-order valence-electron chi connectivity index (χ3n) is 2.61. The van der Waals surface area contributed by atoms with E-state index >= 15 is 0 Å². The third kappa shape index (κ3) is 5.38. The van der Waals surface area contributed by atoms with Crippen LogP contribution in [0, 0.1) is 0 Å². The second-order valence-electron chi connectivity index (χ2n) is 4.29. The van der Waals surface area contributed by atoms with E-state index in [-0.39, 0.29) is 5.13 Å². The lowest BCUT2D eigenvalue weighted by atomic mass is 10.3. The van der Waals surface area contributed by atoms with E-state index < -0.39 is 17.3 Å². The minimum Gasteiger partial charge on any atom is -0.549 e. The quantitative estimate of drug-likeness (QED) is 0.596. The van der Waals surface area contributed by atoms with Gasteiger partial charge >= 0.3 is 6.03 Å². The number of carboxylic acid groups (broad SMARTS) is 1. The van der Waals surface area contributed by atoms with Crippen LogP contribution in [-0.4, -0.2) is 27.4 Å². The molecule has 2 N–H and O–H groups in total. The Bertz CT molecular complexity index is 693. The maximum absolute atomic E-state index is 11.8. The number of anilines is 2. The van der Waals surface area contributed by atoms with Crippen LogP contribution in [0.5, 0.6) is 0 Å². The first-order valence-corrected chi connectivity index (χ1v) is 8.60. The van der Waals surface area contributed by atoms with Crippen molar-refractivity contribution in [2.24, 2.45) is 0 Å². The molecule has 0 saturated heterocycles. The Morgan fingerprint density at radius 3 is 2.61 bits per heavy atom. The van der Waals surface area contributed by atoms with Crippen molar-refractivity contribution < 1.29 is 14.7 Å². The number of carbonyl (C=O) groups is 2. The third-order valence-corrected chi connectivity index (χ3v) is 5.12. The molecule has 7 nitrogen and oxygen atoms in total. The van der Waals surface area contributed by atoms with Gasteiger partial charge in [0.05, 0.1) is 11.2 Å². The lowest BCUT2D eigenvalue weighted by Crippen LogP contribution is -2.32. The number of carboxylic acids is 1. The fourth-order valence-electron chi connectivity index (χ4n) is 1.52. The molecule has 0 spiro atoms. The molecule has 1 aromatic carbocycles. The molecule has 0 bridgehead atoms. The van der Waals surface area contributed by atoms with E-state index in [4.69, 9.17) is 11.6 Å². The highest BCUT2D eigenvalue weighted by atomic mass is 35.5. The Morgan fingerprint density at radius 2 is 2.00 bits per heavy atom. The molecule has 1 aromatic heterocycles. The molecule has 1 heterocycles. The smallest absolute Gasteiger partial charge is 0.325 e. The van der Waals surface area contributed by atoms with E-state index in [1.54, 1.807) is 31.2 Å². The minimum atomic E-state index is -1.15. The van der Waals surface area contributed by atoms with E-state index in [2.05, 4.69) is 20.8 Å². The lowest BCUT2D eigenvalue weighted by Gasteiger charge is -2.12. The van der Waals surface area contributed by atoms with Crippen molar-refractivity contribution in [3.05, 3.63) is 29.3 Å².